The number of nitrogens with one attached hydrogen (secondary N) is 1. The van der Waals surface area contributed by atoms with Crippen molar-refractivity contribution < 1.29 is 4.74 Å². The van der Waals surface area contributed by atoms with E-state index in [1.54, 1.807) is 11.3 Å². The van der Waals surface area contributed by atoms with Crippen LogP contribution in [0.2, 0.25) is 5.02 Å². The predicted molar refractivity (Wildman–Crippen MR) is 76.7 cm³/mol. The van der Waals surface area contributed by atoms with Crippen LogP contribution in [-0.4, -0.2) is 11.5 Å². The van der Waals surface area contributed by atoms with E-state index in [0.29, 0.717) is 17.4 Å². The molecule has 0 unspecified atom stereocenters. The molecule has 0 fully saturated rings. The number of hydrogen-bond donors (Lipinski definition) is 1. The first kappa shape index (κ1) is 13.2. The molecule has 0 spiro atoms. The van der Waals surface area contributed by atoms with E-state index in [2.05, 4.69) is 17.2 Å². The summed E-state index contributed by atoms with van der Waals surface area (Å²) >= 11 is 7.62. The average molecular weight is 283 g/mol. The maximum Gasteiger partial charge on any atom is 0.182 e. The maximum atomic E-state index is 6.01. The highest BCUT2D eigenvalue weighted by Crippen LogP contribution is 2.25. The van der Waals surface area contributed by atoms with Crippen LogP contribution in [-0.2, 0) is 6.61 Å². The van der Waals surface area contributed by atoms with Gasteiger partial charge in [-0.3, -0.25) is 0 Å². The van der Waals surface area contributed by atoms with Crippen molar-refractivity contribution in [2.45, 2.75) is 20.0 Å². The summed E-state index contributed by atoms with van der Waals surface area (Å²) < 4.78 is 5.65. The zero-order valence-corrected chi connectivity index (χ0v) is 11.7. The van der Waals surface area contributed by atoms with Crippen LogP contribution in [0, 0.1) is 0 Å². The lowest BCUT2D eigenvalue weighted by Crippen LogP contribution is -1.97. The second kappa shape index (κ2) is 6.61. The third kappa shape index (κ3) is 3.62. The number of halogens is 1. The van der Waals surface area contributed by atoms with Crippen LogP contribution < -0.4 is 10.1 Å². The van der Waals surface area contributed by atoms with E-state index < -0.39 is 0 Å². The number of aromatic nitrogens is 1. The lowest BCUT2D eigenvalue weighted by Gasteiger charge is -2.05. The second-order valence-corrected chi connectivity index (χ2v) is 5.30. The van der Waals surface area contributed by atoms with E-state index in [0.717, 1.165) is 23.0 Å². The standard InChI is InChI=1S/C13H15ClN2OS/c1-2-7-15-13-16-8-10(18-13)9-17-12-6-4-3-5-11(12)14/h3-6,8H,2,7,9H2,1H3,(H,15,16). The van der Waals surface area contributed by atoms with Gasteiger partial charge in [0, 0.05) is 12.7 Å². The number of thiazole rings is 1. The third-order valence-corrected chi connectivity index (χ3v) is 3.53. The number of anilines is 1. The molecule has 0 aliphatic heterocycles. The quantitative estimate of drug-likeness (QED) is 0.862. The SMILES string of the molecule is CCCNc1ncc(COc2ccccc2Cl)s1. The number of nitrogens with zero attached hydrogens (tertiary/aromatic N) is 1. The Morgan fingerprint density at radius 1 is 1.39 bits per heavy atom. The molecular weight excluding hydrogens is 268 g/mol. The number of benzene rings is 1. The van der Waals surface area contributed by atoms with Gasteiger partial charge in [-0.25, -0.2) is 4.98 Å². The highest BCUT2D eigenvalue weighted by Gasteiger charge is 2.04. The summed E-state index contributed by atoms with van der Waals surface area (Å²) in [6, 6.07) is 7.47. The molecule has 18 heavy (non-hydrogen) atoms. The molecule has 0 radical (unpaired) electrons. The van der Waals surface area contributed by atoms with Gasteiger partial charge in [-0.2, -0.15) is 0 Å². The van der Waals surface area contributed by atoms with Crippen molar-refractivity contribution in [3.8, 4) is 5.75 Å². The van der Waals surface area contributed by atoms with Gasteiger partial charge in [0.1, 0.15) is 12.4 Å². The van der Waals surface area contributed by atoms with Gasteiger partial charge in [0.2, 0.25) is 0 Å². The number of ether oxygens (including phenoxy) is 1. The minimum absolute atomic E-state index is 0.495. The Morgan fingerprint density at radius 3 is 3.00 bits per heavy atom. The normalized spacial score (nSPS) is 10.3. The summed E-state index contributed by atoms with van der Waals surface area (Å²) in [5, 5.41) is 4.82. The number of para-hydroxylation sites is 1. The largest absolute Gasteiger partial charge is 0.486 e. The Bertz CT molecular complexity index is 501. The molecule has 0 saturated carbocycles. The van der Waals surface area contributed by atoms with E-state index in [4.69, 9.17) is 16.3 Å². The molecule has 96 valence electrons. The lowest BCUT2D eigenvalue weighted by atomic mass is 10.3. The van der Waals surface area contributed by atoms with Gasteiger partial charge in [0.25, 0.3) is 0 Å². The first-order valence-electron chi connectivity index (χ1n) is 5.85. The predicted octanol–water partition coefficient (Wildman–Crippen LogP) is 4.20. The molecular formula is C13H15ClN2OS. The van der Waals surface area contributed by atoms with Gasteiger partial charge in [-0.05, 0) is 18.6 Å². The molecule has 1 aromatic carbocycles. The first-order chi connectivity index (χ1) is 8.79. The molecule has 2 rings (SSSR count). The van der Waals surface area contributed by atoms with Crippen molar-refractivity contribution in [1.82, 2.24) is 4.98 Å². The van der Waals surface area contributed by atoms with Crippen LogP contribution >= 0.6 is 22.9 Å². The summed E-state index contributed by atoms with van der Waals surface area (Å²) in [4.78, 5) is 5.36. The van der Waals surface area contributed by atoms with Crippen molar-refractivity contribution in [1.29, 1.82) is 0 Å². The molecule has 0 atom stereocenters. The van der Waals surface area contributed by atoms with E-state index in [9.17, 15) is 0 Å². The van der Waals surface area contributed by atoms with E-state index in [1.807, 2.05) is 30.5 Å². The van der Waals surface area contributed by atoms with Gasteiger partial charge in [-0.15, -0.1) is 0 Å². The maximum absolute atomic E-state index is 6.01. The van der Waals surface area contributed by atoms with E-state index >= 15 is 0 Å². The van der Waals surface area contributed by atoms with E-state index in [-0.39, 0.29) is 0 Å². The van der Waals surface area contributed by atoms with Gasteiger partial charge in [0.15, 0.2) is 5.13 Å². The smallest absolute Gasteiger partial charge is 0.182 e. The fourth-order valence-corrected chi connectivity index (χ4v) is 2.34. The topological polar surface area (TPSA) is 34.2 Å². The van der Waals surface area contributed by atoms with Crippen LogP contribution in [0.1, 0.15) is 18.2 Å². The molecule has 0 saturated heterocycles. The number of hydrogen-bond acceptors (Lipinski definition) is 4. The zero-order valence-electron chi connectivity index (χ0n) is 10.1. The molecule has 3 nitrogen and oxygen atoms in total. The van der Waals surface area contributed by atoms with Crippen molar-refractivity contribution >= 4 is 28.1 Å². The molecule has 1 heterocycles. The van der Waals surface area contributed by atoms with Gasteiger partial charge >= 0.3 is 0 Å². The minimum atomic E-state index is 0.495. The molecule has 0 aliphatic rings. The van der Waals surface area contributed by atoms with Crippen molar-refractivity contribution in [3.05, 3.63) is 40.4 Å². The average Bonchev–Trinajstić information content (AvgIpc) is 2.83. The molecule has 0 bridgehead atoms. The molecule has 2 aromatic rings. The van der Waals surface area contributed by atoms with Crippen LogP contribution in [0.15, 0.2) is 30.5 Å². The molecule has 5 heteroatoms. The summed E-state index contributed by atoms with van der Waals surface area (Å²) in [5.74, 6) is 0.704. The van der Waals surface area contributed by atoms with Gasteiger partial charge < -0.3 is 10.1 Å². The Morgan fingerprint density at radius 2 is 2.22 bits per heavy atom. The van der Waals surface area contributed by atoms with Crippen LogP contribution in [0.25, 0.3) is 0 Å². The van der Waals surface area contributed by atoms with Crippen molar-refractivity contribution in [2.75, 3.05) is 11.9 Å². The molecule has 0 aliphatic carbocycles. The van der Waals surface area contributed by atoms with Crippen molar-refractivity contribution in [2.24, 2.45) is 0 Å². The Labute approximate surface area is 116 Å². The Hall–Kier alpha value is -1.26. The van der Waals surface area contributed by atoms with Crippen LogP contribution in [0.3, 0.4) is 0 Å². The Kier molecular flexibility index (Phi) is 4.84. The third-order valence-electron chi connectivity index (χ3n) is 2.29. The summed E-state index contributed by atoms with van der Waals surface area (Å²) in [7, 11) is 0. The monoisotopic (exact) mass is 282 g/mol. The fraction of sp³-hybridized carbons (Fsp3) is 0.308. The van der Waals surface area contributed by atoms with Gasteiger partial charge in [0.05, 0.1) is 9.90 Å². The van der Waals surface area contributed by atoms with Crippen LogP contribution in [0.4, 0.5) is 5.13 Å². The Balaban J connectivity index is 1.90. The first-order valence-corrected chi connectivity index (χ1v) is 7.05. The molecule has 1 aromatic heterocycles. The zero-order chi connectivity index (χ0) is 12.8. The highest BCUT2D eigenvalue weighted by molar-refractivity contribution is 7.15. The minimum Gasteiger partial charge on any atom is -0.486 e. The fourth-order valence-electron chi connectivity index (χ4n) is 1.40. The summed E-state index contributed by atoms with van der Waals surface area (Å²) in [5.41, 5.74) is 0. The number of rotatable bonds is 6. The van der Waals surface area contributed by atoms with Gasteiger partial charge in [-0.1, -0.05) is 42.0 Å². The summed E-state index contributed by atoms with van der Waals surface area (Å²) in [6.45, 7) is 3.57. The van der Waals surface area contributed by atoms with Crippen molar-refractivity contribution in [3.63, 3.8) is 0 Å². The van der Waals surface area contributed by atoms with E-state index in [1.165, 1.54) is 0 Å². The van der Waals surface area contributed by atoms with Crippen LogP contribution in [0.5, 0.6) is 5.75 Å². The lowest BCUT2D eigenvalue weighted by molar-refractivity contribution is 0.310. The highest BCUT2D eigenvalue weighted by atomic mass is 35.5. The molecule has 1 N–H and O–H groups in total. The molecule has 0 amide bonds. The summed E-state index contributed by atoms with van der Waals surface area (Å²) in [6.07, 6.45) is 2.92. The second-order valence-electron chi connectivity index (χ2n) is 3.78.